The van der Waals surface area contributed by atoms with Crippen LogP contribution in [0.5, 0.6) is 0 Å². The number of hydrogen-bond acceptors (Lipinski definition) is 11. The highest BCUT2D eigenvalue weighted by Crippen LogP contribution is 2.40. The number of fused-ring (bicyclic) bond motifs is 1. The first-order valence-corrected chi connectivity index (χ1v) is 11.1. The molecular weight excluding hydrogens is 446 g/mol. The molecular formula is C15H19N3O10S2. The molecule has 2 amide bonds. The molecule has 0 aromatic rings. The number of ether oxygens (including phenoxy) is 1. The van der Waals surface area contributed by atoms with Crippen molar-refractivity contribution >= 4 is 51.2 Å². The van der Waals surface area contributed by atoms with Crippen molar-refractivity contribution < 1.29 is 46.5 Å². The molecule has 2 aliphatic rings. The molecule has 0 aromatic carbocycles. The van der Waals surface area contributed by atoms with Crippen molar-refractivity contribution in [1.29, 1.82) is 0 Å². The van der Waals surface area contributed by atoms with Gasteiger partial charge in [0.25, 0.3) is 21.9 Å². The first-order chi connectivity index (χ1) is 14.0. The highest BCUT2D eigenvalue weighted by Gasteiger charge is 2.54. The van der Waals surface area contributed by atoms with Crippen LogP contribution in [-0.2, 0) is 43.1 Å². The maximum Gasteiger partial charge on any atom is 0.352 e. The van der Waals surface area contributed by atoms with E-state index in [2.05, 4.69) is 19.5 Å². The van der Waals surface area contributed by atoms with Crippen LogP contribution in [0.3, 0.4) is 0 Å². The van der Waals surface area contributed by atoms with E-state index < -0.39 is 57.4 Å². The number of hydrogen-bond donors (Lipinski definition) is 2. The fraction of sp³-hybridized carbons (Fsp3) is 0.533. The molecule has 1 unspecified atom stereocenters. The maximum absolute atomic E-state index is 12.5. The van der Waals surface area contributed by atoms with E-state index in [0.717, 1.165) is 18.3 Å². The minimum atomic E-state index is -3.94. The summed E-state index contributed by atoms with van der Waals surface area (Å²) in [5.41, 5.74) is -0.596. The van der Waals surface area contributed by atoms with Gasteiger partial charge in [0.05, 0.1) is 12.9 Å². The predicted molar refractivity (Wildman–Crippen MR) is 102 cm³/mol. The fourth-order valence-electron chi connectivity index (χ4n) is 2.72. The molecule has 0 aliphatic carbocycles. The summed E-state index contributed by atoms with van der Waals surface area (Å²) >= 11 is 1.21. The predicted octanol–water partition coefficient (Wildman–Crippen LogP) is -2.08. The van der Waals surface area contributed by atoms with Gasteiger partial charge < -0.3 is 20.0 Å². The Labute approximate surface area is 175 Å². The molecule has 0 radical (unpaired) electrons. The van der Waals surface area contributed by atoms with Gasteiger partial charge in [0.1, 0.15) is 30.8 Å². The van der Waals surface area contributed by atoms with Gasteiger partial charge in [-0.1, -0.05) is 5.16 Å². The quantitative estimate of drug-likeness (QED) is 0.119. The second-order valence-corrected chi connectivity index (χ2v) is 8.81. The molecule has 2 rings (SSSR count). The zero-order valence-electron chi connectivity index (χ0n) is 16.1. The number of amides is 2. The van der Waals surface area contributed by atoms with E-state index in [0.29, 0.717) is 5.57 Å². The second-order valence-electron chi connectivity index (χ2n) is 6.06. The van der Waals surface area contributed by atoms with Crippen LogP contribution in [0, 0.1) is 0 Å². The standard InChI is InChI=1S/C15H19N3O10S2/c1-26-4-7-6-29-14-10(13(21)18(14)11(7)15(22)23)16-12(20)9(17-27-2)8(19)5-28-30(3,24)25/h10,14H,4-6H2,1-3H3,(H,16,20)(H,22,23)/b17-9-/t10?,14-/m0/s1. The highest BCUT2D eigenvalue weighted by atomic mass is 32.2. The number of aliphatic carboxylic acids is 1. The SMILES string of the molecule is COCC1=C(C(=O)O)N2C(=O)C(NC(=O)/C(=N\OC)C(=O)COS(C)(=O)=O)[C@@H]2SC1. The fourth-order valence-corrected chi connectivity index (χ4v) is 4.37. The van der Waals surface area contributed by atoms with Crippen molar-refractivity contribution in [3.8, 4) is 0 Å². The number of ketones is 1. The van der Waals surface area contributed by atoms with E-state index >= 15 is 0 Å². The van der Waals surface area contributed by atoms with Crippen LogP contribution < -0.4 is 5.32 Å². The molecule has 2 heterocycles. The number of Topliss-reactive ketones (excluding diaryl/α,β-unsaturated/α-hetero) is 1. The third-order valence-electron chi connectivity index (χ3n) is 3.92. The van der Waals surface area contributed by atoms with Crippen LogP contribution in [0.1, 0.15) is 0 Å². The zero-order valence-corrected chi connectivity index (χ0v) is 17.7. The monoisotopic (exact) mass is 465 g/mol. The van der Waals surface area contributed by atoms with E-state index in [4.69, 9.17) is 4.74 Å². The lowest BCUT2D eigenvalue weighted by Crippen LogP contribution is -2.71. The van der Waals surface area contributed by atoms with Crippen LogP contribution in [0.2, 0.25) is 0 Å². The number of carbonyl (C=O) groups is 4. The first kappa shape index (κ1) is 23.8. The third-order valence-corrected chi connectivity index (χ3v) is 5.81. The molecule has 0 aromatic heterocycles. The summed E-state index contributed by atoms with van der Waals surface area (Å²) in [6, 6.07) is -1.12. The maximum atomic E-state index is 12.5. The van der Waals surface area contributed by atoms with Crippen LogP contribution in [0.4, 0.5) is 0 Å². The second kappa shape index (κ2) is 9.55. The first-order valence-electron chi connectivity index (χ1n) is 8.20. The number of oxime groups is 1. The molecule has 1 fully saturated rings. The van der Waals surface area contributed by atoms with Crippen LogP contribution >= 0.6 is 11.8 Å². The van der Waals surface area contributed by atoms with Gasteiger partial charge in [-0.3, -0.25) is 23.5 Å². The minimum Gasteiger partial charge on any atom is -0.477 e. The molecule has 13 nitrogen and oxygen atoms in total. The van der Waals surface area contributed by atoms with E-state index in [1.165, 1.54) is 18.9 Å². The number of nitrogens with zero attached hydrogens (tertiary/aromatic N) is 2. The zero-order chi connectivity index (χ0) is 22.6. The van der Waals surface area contributed by atoms with Crippen molar-refractivity contribution in [3.63, 3.8) is 0 Å². The summed E-state index contributed by atoms with van der Waals surface area (Å²) in [5.74, 6) is -3.92. The van der Waals surface area contributed by atoms with Gasteiger partial charge >= 0.3 is 5.97 Å². The number of carbonyl (C=O) groups excluding carboxylic acids is 3. The number of rotatable bonds is 10. The van der Waals surface area contributed by atoms with Crippen molar-refractivity contribution in [2.45, 2.75) is 11.4 Å². The van der Waals surface area contributed by atoms with E-state index in [1.807, 2.05) is 0 Å². The number of carboxylic acids is 1. The lowest BCUT2D eigenvalue weighted by Gasteiger charge is -2.49. The van der Waals surface area contributed by atoms with Gasteiger partial charge in [0.2, 0.25) is 11.5 Å². The highest BCUT2D eigenvalue weighted by molar-refractivity contribution is 8.00. The Morgan fingerprint density at radius 2 is 2.00 bits per heavy atom. The molecule has 15 heteroatoms. The summed E-state index contributed by atoms with van der Waals surface area (Å²) in [5, 5.41) is 14.3. The molecule has 2 N–H and O–H groups in total. The van der Waals surface area contributed by atoms with Gasteiger partial charge in [-0.15, -0.1) is 11.8 Å². The molecule has 0 bridgehead atoms. The molecule has 2 atom stereocenters. The molecule has 1 saturated heterocycles. The average molecular weight is 465 g/mol. The van der Waals surface area contributed by atoms with E-state index in [-0.39, 0.29) is 18.1 Å². The molecule has 166 valence electrons. The normalized spacial score (nSPS) is 21.6. The van der Waals surface area contributed by atoms with Crippen molar-refractivity contribution in [3.05, 3.63) is 11.3 Å². The van der Waals surface area contributed by atoms with Gasteiger partial charge in [0.15, 0.2) is 0 Å². The number of methoxy groups -OCH3 is 1. The Balaban J connectivity index is 2.14. The largest absolute Gasteiger partial charge is 0.477 e. The minimum absolute atomic E-state index is 0.0294. The lowest BCUT2D eigenvalue weighted by atomic mass is 10.0. The molecule has 2 aliphatic heterocycles. The van der Waals surface area contributed by atoms with Crippen molar-refractivity contribution in [2.75, 3.05) is 39.4 Å². The number of nitrogens with one attached hydrogen (secondary N) is 1. The third kappa shape index (κ3) is 5.16. The Hall–Kier alpha value is -2.49. The number of thioether (sulfide) groups is 1. The smallest absolute Gasteiger partial charge is 0.352 e. The van der Waals surface area contributed by atoms with E-state index in [1.54, 1.807) is 0 Å². The molecule has 0 saturated carbocycles. The number of β-lactam (4-membered cyclic amide) rings is 1. The van der Waals surface area contributed by atoms with Crippen LogP contribution in [0.15, 0.2) is 16.4 Å². The van der Waals surface area contributed by atoms with Gasteiger partial charge in [-0.25, -0.2) is 4.79 Å². The summed E-state index contributed by atoms with van der Waals surface area (Å²) in [4.78, 5) is 54.1. The lowest BCUT2D eigenvalue weighted by molar-refractivity contribution is -0.150. The summed E-state index contributed by atoms with van der Waals surface area (Å²) < 4.78 is 31.3. The van der Waals surface area contributed by atoms with E-state index in [9.17, 15) is 32.7 Å². The van der Waals surface area contributed by atoms with Gasteiger partial charge in [-0.05, 0) is 5.57 Å². The Morgan fingerprint density at radius 1 is 1.33 bits per heavy atom. The number of carboxylic acid groups (broad SMARTS) is 1. The van der Waals surface area contributed by atoms with Crippen molar-refractivity contribution in [1.82, 2.24) is 10.2 Å². The molecule has 0 spiro atoms. The van der Waals surface area contributed by atoms with Crippen LogP contribution in [0.25, 0.3) is 0 Å². The Bertz CT molecular complexity index is 927. The Morgan fingerprint density at radius 3 is 2.53 bits per heavy atom. The Kier molecular flexibility index (Phi) is 7.57. The van der Waals surface area contributed by atoms with Gasteiger partial charge in [-0.2, -0.15) is 8.42 Å². The van der Waals surface area contributed by atoms with Crippen LogP contribution in [-0.4, -0.2) is 98.6 Å². The summed E-state index contributed by atoms with van der Waals surface area (Å²) in [6.07, 6.45) is 0.723. The topological polar surface area (TPSA) is 178 Å². The summed E-state index contributed by atoms with van der Waals surface area (Å²) in [7, 11) is -1.49. The van der Waals surface area contributed by atoms with Gasteiger partial charge in [0, 0.05) is 12.9 Å². The van der Waals surface area contributed by atoms with Crippen molar-refractivity contribution in [2.24, 2.45) is 5.16 Å². The molecule has 30 heavy (non-hydrogen) atoms. The summed E-state index contributed by atoms with van der Waals surface area (Å²) in [6.45, 7) is -0.953. The average Bonchev–Trinajstić information content (AvgIpc) is 2.67.